The zero-order chi connectivity index (χ0) is 7.72. The molecule has 0 amide bonds. The summed E-state index contributed by atoms with van der Waals surface area (Å²) in [5, 5.41) is 0.707. The average Bonchev–Trinajstić information content (AvgIpc) is 1.82. The summed E-state index contributed by atoms with van der Waals surface area (Å²) in [5.74, 6) is 0. The fourth-order valence-electron chi connectivity index (χ4n) is 0.713. The number of anilines is 1. The van der Waals surface area contributed by atoms with Crippen LogP contribution < -0.4 is 5.73 Å². The molecule has 0 aliphatic carbocycles. The molecule has 0 aliphatic rings. The molecule has 1 nitrogen and oxygen atoms in total. The van der Waals surface area contributed by atoms with Crippen LogP contribution in [0.1, 0.15) is 5.56 Å². The lowest BCUT2D eigenvalue weighted by Crippen LogP contribution is -1.89. The summed E-state index contributed by atoms with van der Waals surface area (Å²) in [5.41, 5.74) is 7.40. The van der Waals surface area contributed by atoms with Crippen LogP contribution in [-0.2, 0) is 0 Å². The Hall–Kier alpha value is -0.210. The van der Waals surface area contributed by atoms with Gasteiger partial charge in [-0.25, -0.2) is 0 Å². The molecule has 0 aromatic heterocycles. The second-order valence-corrected chi connectivity index (χ2v) is 3.41. The maximum Gasteiger partial charge on any atom is 0.0489 e. The molecular formula is C7H7BrClN. The minimum atomic E-state index is 0.707. The number of hydrogen-bond donors (Lipinski definition) is 1. The molecule has 1 rings (SSSR count). The van der Waals surface area contributed by atoms with Gasteiger partial charge >= 0.3 is 0 Å². The van der Waals surface area contributed by atoms with E-state index in [9.17, 15) is 0 Å². The van der Waals surface area contributed by atoms with E-state index in [2.05, 4.69) is 15.9 Å². The third kappa shape index (κ3) is 1.44. The quantitative estimate of drug-likeness (QED) is 0.668. The number of rotatable bonds is 0. The Bertz CT molecular complexity index is 237. The number of nitrogens with two attached hydrogens (primary N) is 1. The van der Waals surface area contributed by atoms with E-state index in [-0.39, 0.29) is 0 Å². The lowest BCUT2D eigenvalue weighted by atomic mass is 10.2. The summed E-state index contributed by atoms with van der Waals surface area (Å²) < 4.78 is 0.859. The average molecular weight is 220 g/mol. The Kier molecular flexibility index (Phi) is 2.21. The van der Waals surface area contributed by atoms with E-state index >= 15 is 0 Å². The molecule has 0 bridgehead atoms. The van der Waals surface area contributed by atoms with Crippen molar-refractivity contribution in [2.75, 3.05) is 5.73 Å². The van der Waals surface area contributed by atoms with Crippen LogP contribution in [0, 0.1) is 6.92 Å². The summed E-state index contributed by atoms with van der Waals surface area (Å²) in [6.07, 6.45) is 0. The van der Waals surface area contributed by atoms with Crippen molar-refractivity contribution >= 4 is 33.2 Å². The fourth-order valence-corrected chi connectivity index (χ4v) is 1.68. The van der Waals surface area contributed by atoms with E-state index in [1.807, 2.05) is 13.0 Å². The Labute approximate surface area is 73.3 Å². The minimum absolute atomic E-state index is 0.707. The maximum atomic E-state index is 5.74. The number of aryl methyl sites for hydroxylation is 1. The molecule has 0 atom stereocenters. The molecule has 10 heavy (non-hydrogen) atoms. The molecule has 0 aliphatic heterocycles. The highest BCUT2D eigenvalue weighted by Crippen LogP contribution is 2.26. The van der Waals surface area contributed by atoms with Gasteiger partial charge in [-0.15, -0.1) is 0 Å². The monoisotopic (exact) mass is 219 g/mol. The molecule has 1 aromatic rings. The first kappa shape index (κ1) is 7.89. The fraction of sp³-hybridized carbons (Fsp3) is 0.143. The van der Waals surface area contributed by atoms with E-state index in [0.29, 0.717) is 5.02 Å². The van der Waals surface area contributed by atoms with Crippen LogP contribution in [0.4, 0.5) is 5.69 Å². The van der Waals surface area contributed by atoms with Gasteiger partial charge in [0.2, 0.25) is 0 Å². The normalized spacial score (nSPS) is 9.90. The molecular weight excluding hydrogens is 213 g/mol. The summed E-state index contributed by atoms with van der Waals surface area (Å²) in [7, 11) is 0. The van der Waals surface area contributed by atoms with Crippen LogP contribution in [0.5, 0.6) is 0 Å². The second kappa shape index (κ2) is 2.81. The van der Waals surface area contributed by atoms with E-state index < -0.39 is 0 Å². The molecule has 2 N–H and O–H groups in total. The van der Waals surface area contributed by atoms with E-state index in [4.69, 9.17) is 17.3 Å². The van der Waals surface area contributed by atoms with Crippen LogP contribution in [0.25, 0.3) is 0 Å². The first-order valence-electron chi connectivity index (χ1n) is 2.82. The van der Waals surface area contributed by atoms with Crippen LogP contribution in [0.15, 0.2) is 16.6 Å². The van der Waals surface area contributed by atoms with Crippen molar-refractivity contribution in [2.45, 2.75) is 6.92 Å². The first-order chi connectivity index (χ1) is 4.61. The second-order valence-electron chi connectivity index (χ2n) is 2.12. The SMILES string of the molecule is Cc1cc(Cl)cc(Br)c1N. The highest BCUT2D eigenvalue weighted by Gasteiger charge is 1.99. The first-order valence-corrected chi connectivity index (χ1v) is 3.99. The molecule has 0 saturated carbocycles. The van der Waals surface area contributed by atoms with Gasteiger partial charge in [0.25, 0.3) is 0 Å². The molecule has 1 aromatic carbocycles. The van der Waals surface area contributed by atoms with Crippen molar-refractivity contribution < 1.29 is 0 Å². The van der Waals surface area contributed by atoms with Gasteiger partial charge < -0.3 is 5.73 Å². The molecule has 0 heterocycles. The van der Waals surface area contributed by atoms with Gasteiger partial charge in [0, 0.05) is 15.2 Å². The zero-order valence-electron chi connectivity index (χ0n) is 5.49. The van der Waals surface area contributed by atoms with Crippen molar-refractivity contribution in [2.24, 2.45) is 0 Å². The molecule has 0 fully saturated rings. The van der Waals surface area contributed by atoms with Crippen LogP contribution >= 0.6 is 27.5 Å². The van der Waals surface area contributed by atoms with Gasteiger partial charge in [0.15, 0.2) is 0 Å². The molecule has 54 valence electrons. The Balaban J connectivity index is 3.31. The van der Waals surface area contributed by atoms with Crippen molar-refractivity contribution in [1.29, 1.82) is 0 Å². The minimum Gasteiger partial charge on any atom is -0.398 e. The molecule has 0 unspecified atom stereocenters. The van der Waals surface area contributed by atoms with Crippen molar-refractivity contribution in [3.8, 4) is 0 Å². The summed E-state index contributed by atoms with van der Waals surface area (Å²) in [6.45, 7) is 1.92. The van der Waals surface area contributed by atoms with Crippen LogP contribution in [0.3, 0.4) is 0 Å². The van der Waals surface area contributed by atoms with Crippen molar-refractivity contribution in [3.05, 3.63) is 27.2 Å². The van der Waals surface area contributed by atoms with Gasteiger partial charge in [-0.05, 0) is 40.5 Å². The summed E-state index contributed by atoms with van der Waals surface area (Å²) in [6, 6.07) is 3.62. The Morgan fingerprint density at radius 1 is 1.50 bits per heavy atom. The lowest BCUT2D eigenvalue weighted by Gasteiger charge is -2.02. The smallest absolute Gasteiger partial charge is 0.0489 e. The van der Waals surface area contributed by atoms with E-state index in [0.717, 1.165) is 15.7 Å². The standard InChI is InChI=1S/C7H7BrClN/c1-4-2-5(9)3-6(8)7(4)10/h2-3H,10H2,1H3. The highest BCUT2D eigenvalue weighted by atomic mass is 79.9. The summed E-state index contributed by atoms with van der Waals surface area (Å²) in [4.78, 5) is 0. The van der Waals surface area contributed by atoms with E-state index in [1.165, 1.54) is 0 Å². The Morgan fingerprint density at radius 2 is 2.10 bits per heavy atom. The van der Waals surface area contributed by atoms with Gasteiger partial charge in [0.05, 0.1) is 0 Å². The highest BCUT2D eigenvalue weighted by molar-refractivity contribution is 9.10. The summed E-state index contributed by atoms with van der Waals surface area (Å²) >= 11 is 9.02. The number of halogens is 2. The van der Waals surface area contributed by atoms with Gasteiger partial charge in [-0.2, -0.15) is 0 Å². The zero-order valence-corrected chi connectivity index (χ0v) is 7.83. The van der Waals surface area contributed by atoms with Crippen LogP contribution in [0.2, 0.25) is 5.02 Å². The number of hydrogen-bond acceptors (Lipinski definition) is 1. The number of nitrogen functional groups attached to an aromatic ring is 1. The third-order valence-electron chi connectivity index (χ3n) is 1.30. The topological polar surface area (TPSA) is 26.0 Å². The van der Waals surface area contributed by atoms with Gasteiger partial charge in [0.1, 0.15) is 0 Å². The molecule has 0 spiro atoms. The van der Waals surface area contributed by atoms with Gasteiger partial charge in [-0.3, -0.25) is 0 Å². The van der Waals surface area contributed by atoms with E-state index in [1.54, 1.807) is 6.07 Å². The molecule has 3 heteroatoms. The number of benzene rings is 1. The predicted octanol–water partition coefficient (Wildman–Crippen LogP) is 2.99. The largest absolute Gasteiger partial charge is 0.398 e. The molecule has 0 saturated heterocycles. The van der Waals surface area contributed by atoms with Crippen LogP contribution in [-0.4, -0.2) is 0 Å². The predicted molar refractivity (Wildman–Crippen MR) is 48.3 cm³/mol. The van der Waals surface area contributed by atoms with Crippen molar-refractivity contribution in [1.82, 2.24) is 0 Å². The van der Waals surface area contributed by atoms with Gasteiger partial charge in [-0.1, -0.05) is 11.6 Å². The maximum absolute atomic E-state index is 5.74. The van der Waals surface area contributed by atoms with Crippen molar-refractivity contribution in [3.63, 3.8) is 0 Å². The molecule has 0 radical (unpaired) electrons. The third-order valence-corrected chi connectivity index (χ3v) is 2.18. The Morgan fingerprint density at radius 3 is 2.60 bits per heavy atom. The lowest BCUT2D eigenvalue weighted by molar-refractivity contribution is 1.45.